The summed E-state index contributed by atoms with van der Waals surface area (Å²) in [4.78, 5) is 13.8. The first-order valence-corrected chi connectivity index (χ1v) is 6.58. The van der Waals surface area contributed by atoms with E-state index >= 15 is 0 Å². The molecule has 1 amide bonds. The number of hydrogen-bond acceptors (Lipinski definition) is 2. The molecule has 0 heterocycles. The number of anilines is 1. The smallest absolute Gasteiger partial charge is 0.246 e. The molecule has 3 heteroatoms. The van der Waals surface area contributed by atoms with Gasteiger partial charge in [0.25, 0.3) is 0 Å². The molecule has 18 heavy (non-hydrogen) atoms. The number of hydrogen-bond donors (Lipinski definition) is 1. The van der Waals surface area contributed by atoms with Crippen LogP contribution in [0.5, 0.6) is 0 Å². The Morgan fingerprint density at radius 1 is 1.33 bits per heavy atom. The van der Waals surface area contributed by atoms with Crippen molar-refractivity contribution in [3.63, 3.8) is 0 Å². The second-order valence-electron chi connectivity index (χ2n) is 5.78. The van der Waals surface area contributed by atoms with Crippen molar-refractivity contribution in [2.45, 2.75) is 38.6 Å². The van der Waals surface area contributed by atoms with Gasteiger partial charge < -0.3 is 10.6 Å². The molecule has 1 aliphatic rings. The Hall–Kier alpha value is -1.35. The SMILES string of the molecule is CC(C)Cc1ccc(N(C)C(=O)C2(N)CC2)cc1. The van der Waals surface area contributed by atoms with Gasteiger partial charge in [0.15, 0.2) is 0 Å². The van der Waals surface area contributed by atoms with Gasteiger partial charge in [-0.2, -0.15) is 0 Å². The Balaban J connectivity index is 2.07. The highest BCUT2D eigenvalue weighted by Gasteiger charge is 2.47. The van der Waals surface area contributed by atoms with E-state index in [1.165, 1.54) is 5.56 Å². The normalized spacial score (nSPS) is 16.7. The molecular formula is C15H22N2O. The van der Waals surface area contributed by atoms with Gasteiger partial charge in [0.1, 0.15) is 0 Å². The summed E-state index contributed by atoms with van der Waals surface area (Å²) in [6.45, 7) is 4.41. The van der Waals surface area contributed by atoms with E-state index in [0.717, 1.165) is 24.9 Å². The summed E-state index contributed by atoms with van der Waals surface area (Å²) in [7, 11) is 1.80. The van der Waals surface area contributed by atoms with Crippen molar-refractivity contribution in [3.8, 4) is 0 Å². The van der Waals surface area contributed by atoms with Crippen LogP contribution in [-0.2, 0) is 11.2 Å². The Labute approximate surface area is 109 Å². The number of carbonyl (C=O) groups is 1. The maximum Gasteiger partial charge on any atom is 0.246 e. The standard InChI is InChI=1S/C15H22N2O/c1-11(2)10-12-4-6-13(7-5-12)17(3)14(18)15(16)8-9-15/h4-7,11H,8-10,16H2,1-3H3. The van der Waals surface area contributed by atoms with Gasteiger partial charge in [-0.25, -0.2) is 0 Å². The number of likely N-dealkylation sites (N-methyl/N-ethyl adjacent to an activating group) is 1. The molecule has 0 unspecified atom stereocenters. The van der Waals surface area contributed by atoms with Crippen molar-refractivity contribution in [2.24, 2.45) is 11.7 Å². The van der Waals surface area contributed by atoms with Crippen molar-refractivity contribution in [1.82, 2.24) is 0 Å². The van der Waals surface area contributed by atoms with Gasteiger partial charge in [-0.1, -0.05) is 26.0 Å². The highest BCUT2D eigenvalue weighted by atomic mass is 16.2. The van der Waals surface area contributed by atoms with Crippen molar-refractivity contribution in [3.05, 3.63) is 29.8 Å². The van der Waals surface area contributed by atoms with Crippen molar-refractivity contribution in [2.75, 3.05) is 11.9 Å². The Morgan fingerprint density at radius 3 is 2.33 bits per heavy atom. The average molecular weight is 246 g/mol. The van der Waals surface area contributed by atoms with Crippen LogP contribution in [0, 0.1) is 5.92 Å². The third-order valence-corrected chi connectivity index (χ3v) is 3.49. The third kappa shape index (κ3) is 2.72. The van der Waals surface area contributed by atoms with E-state index in [1.54, 1.807) is 11.9 Å². The molecule has 0 bridgehead atoms. The monoisotopic (exact) mass is 246 g/mol. The van der Waals surface area contributed by atoms with Crippen LogP contribution in [0.15, 0.2) is 24.3 Å². The number of carbonyl (C=O) groups excluding carboxylic acids is 1. The van der Waals surface area contributed by atoms with Crippen LogP contribution in [0.3, 0.4) is 0 Å². The van der Waals surface area contributed by atoms with E-state index in [-0.39, 0.29) is 5.91 Å². The maximum atomic E-state index is 12.1. The molecule has 1 saturated carbocycles. The predicted octanol–water partition coefficient (Wildman–Crippen LogP) is 2.34. The van der Waals surface area contributed by atoms with Crippen molar-refractivity contribution < 1.29 is 4.79 Å². The number of nitrogens with two attached hydrogens (primary N) is 1. The lowest BCUT2D eigenvalue weighted by Gasteiger charge is -2.21. The van der Waals surface area contributed by atoms with Crippen LogP contribution in [-0.4, -0.2) is 18.5 Å². The first-order chi connectivity index (χ1) is 8.42. The molecule has 0 spiro atoms. The minimum atomic E-state index is -0.592. The van der Waals surface area contributed by atoms with Gasteiger partial charge in [0.2, 0.25) is 5.91 Å². The fraction of sp³-hybridized carbons (Fsp3) is 0.533. The molecular weight excluding hydrogens is 224 g/mol. The van der Waals surface area contributed by atoms with Crippen LogP contribution in [0.2, 0.25) is 0 Å². The molecule has 98 valence electrons. The molecule has 0 saturated heterocycles. The van der Waals surface area contributed by atoms with Crippen molar-refractivity contribution >= 4 is 11.6 Å². The Morgan fingerprint density at radius 2 is 1.89 bits per heavy atom. The molecule has 0 radical (unpaired) electrons. The van der Waals surface area contributed by atoms with Gasteiger partial charge in [0.05, 0.1) is 5.54 Å². The molecule has 1 fully saturated rings. The Kier molecular flexibility index (Phi) is 3.44. The van der Waals surface area contributed by atoms with E-state index in [2.05, 4.69) is 26.0 Å². The van der Waals surface area contributed by atoms with Gasteiger partial charge in [-0.15, -0.1) is 0 Å². The zero-order valence-corrected chi connectivity index (χ0v) is 11.4. The fourth-order valence-electron chi connectivity index (χ4n) is 2.13. The van der Waals surface area contributed by atoms with Crippen LogP contribution >= 0.6 is 0 Å². The molecule has 1 aromatic carbocycles. The Bertz CT molecular complexity index is 432. The summed E-state index contributed by atoms with van der Waals surface area (Å²) < 4.78 is 0. The zero-order valence-electron chi connectivity index (χ0n) is 11.4. The lowest BCUT2D eigenvalue weighted by atomic mass is 10.0. The predicted molar refractivity (Wildman–Crippen MR) is 74.5 cm³/mol. The summed E-state index contributed by atoms with van der Waals surface area (Å²) >= 11 is 0. The first kappa shape index (κ1) is 13.1. The number of nitrogens with zero attached hydrogens (tertiary/aromatic N) is 1. The summed E-state index contributed by atoms with van der Waals surface area (Å²) in [5.74, 6) is 0.674. The summed E-state index contributed by atoms with van der Waals surface area (Å²) in [6, 6.07) is 8.19. The number of rotatable bonds is 4. The molecule has 0 aliphatic heterocycles. The van der Waals surface area contributed by atoms with E-state index in [9.17, 15) is 4.79 Å². The van der Waals surface area contributed by atoms with Gasteiger partial charge in [0, 0.05) is 12.7 Å². The zero-order chi connectivity index (χ0) is 13.3. The van der Waals surface area contributed by atoms with Crippen LogP contribution in [0.25, 0.3) is 0 Å². The third-order valence-electron chi connectivity index (χ3n) is 3.49. The first-order valence-electron chi connectivity index (χ1n) is 6.58. The number of benzene rings is 1. The van der Waals surface area contributed by atoms with E-state index in [4.69, 9.17) is 5.73 Å². The summed E-state index contributed by atoms with van der Waals surface area (Å²) in [5, 5.41) is 0. The van der Waals surface area contributed by atoms with E-state index in [1.807, 2.05) is 12.1 Å². The minimum Gasteiger partial charge on any atom is -0.317 e. The molecule has 3 nitrogen and oxygen atoms in total. The van der Waals surface area contributed by atoms with Gasteiger partial charge >= 0.3 is 0 Å². The minimum absolute atomic E-state index is 0.0270. The fourth-order valence-corrected chi connectivity index (χ4v) is 2.13. The summed E-state index contributed by atoms with van der Waals surface area (Å²) in [5.41, 5.74) is 7.57. The molecule has 1 aromatic rings. The average Bonchev–Trinajstić information content (AvgIpc) is 3.07. The molecule has 2 N–H and O–H groups in total. The quantitative estimate of drug-likeness (QED) is 0.886. The lowest BCUT2D eigenvalue weighted by Crippen LogP contribution is -2.43. The largest absolute Gasteiger partial charge is 0.317 e. The van der Waals surface area contributed by atoms with Gasteiger partial charge in [-0.3, -0.25) is 4.79 Å². The van der Waals surface area contributed by atoms with Crippen LogP contribution in [0.4, 0.5) is 5.69 Å². The lowest BCUT2D eigenvalue weighted by molar-refractivity contribution is -0.120. The molecule has 0 aromatic heterocycles. The van der Waals surface area contributed by atoms with Crippen molar-refractivity contribution in [1.29, 1.82) is 0 Å². The topological polar surface area (TPSA) is 46.3 Å². The number of amides is 1. The maximum absolute atomic E-state index is 12.1. The molecule has 1 aliphatic carbocycles. The molecule has 2 rings (SSSR count). The second kappa shape index (κ2) is 4.73. The second-order valence-corrected chi connectivity index (χ2v) is 5.78. The highest BCUT2D eigenvalue weighted by molar-refractivity contribution is 6.01. The van der Waals surface area contributed by atoms with Crippen LogP contribution < -0.4 is 10.6 Å². The highest BCUT2D eigenvalue weighted by Crippen LogP contribution is 2.35. The van der Waals surface area contributed by atoms with E-state index in [0.29, 0.717) is 5.92 Å². The summed E-state index contributed by atoms with van der Waals surface area (Å²) in [6.07, 6.45) is 2.68. The van der Waals surface area contributed by atoms with E-state index < -0.39 is 5.54 Å². The van der Waals surface area contributed by atoms with Crippen LogP contribution in [0.1, 0.15) is 32.3 Å². The molecule has 0 atom stereocenters. The van der Waals surface area contributed by atoms with Gasteiger partial charge in [-0.05, 0) is 42.9 Å².